The highest BCUT2D eigenvalue weighted by Crippen LogP contribution is 2.36. The van der Waals surface area contributed by atoms with Gasteiger partial charge in [0.1, 0.15) is 0 Å². The summed E-state index contributed by atoms with van der Waals surface area (Å²) in [6, 6.07) is 19.0. The van der Waals surface area contributed by atoms with Gasteiger partial charge in [0, 0.05) is 12.1 Å². The molecule has 1 aliphatic heterocycles. The van der Waals surface area contributed by atoms with E-state index in [0.29, 0.717) is 12.0 Å². The number of nitrogens with two attached hydrogens (primary N) is 1. The van der Waals surface area contributed by atoms with Crippen LogP contribution in [0.1, 0.15) is 30.5 Å². The molecule has 2 aromatic rings. The standard InChI is InChI=1S/C17H19N3/c1-2-16-14-10-6-7-11-15(14)19-17(18)20(16)12-13-8-4-3-5-9-13/h3-11,16H,2,12H2,1H3,(H2,18,19)/t16-/m0/s1. The number of hydrogen-bond acceptors (Lipinski definition) is 3. The van der Waals surface area contributed by atoms with Gasteiger partial charge in [0.2, 0.25) is 0 Å². The van der Waals surface area contributed by atoms with Crippen LogP contribution in [0.15, 0.2) is 59.6 Å². The lowest BCUT2D eigenvalue weighted by Gasteiger charge is -2.36. The fourth-order valence-electron chi connectivity index (χ4n) is 2.80. The van der Waals surface area contributed by atoms with E-state index in [-0.39, 0.29) is 0 Å². The fraction of sp³-hybridized carbons (Fsp3) is 0.235. The molecule has 0 saturated carbocycles. The Kier molecular flexibility index (Phi) is 3.42. The van der Waals surface area contributed by atoms with Crippen LogP contribution in [0.25, 0.3) is 0 Å². The summed E-state index contributed by atoms with van der Waals surface area (Å²) in [6.45, 7) is 2.99. The first-order chi connectivity index (χ1) is 9.79. The molecule has 1 heterocycles. The summed E-state index contributed by atoms with van der Waals surface area (Å²) in [7, 11) is 0. The van der Waals surface area contributed by atoms with Crippen LogP contribution in [0.2, 0.25) is 0 Å². The highest BCUT2D eigenvalue weighted by Gasteiger charge is 2.26. The van der Waals surface area contributed by atoms with Crippen LogP contribution in [0.3, 0.4) is 0 Å². The molecule has 3 heteroatoms. The van der Waals surface area contributed by atoms with E-state index >= 15 is 0 Å². The summed E-state index contributed by atoms with van der Waals surface area (Å²) in [5.74, 6) is 0.611. The first kappa shape index (κ1) is 12.7. The Labute approximate surface area is 119 Å². The third-order valence-corrected chi connectivity index (χ3v) is 3.78. The zero-order valence-electron chi connectivity index (χ0n) is 11.7. The monoisotopic (exact) mass is 265 g/mol. The largest absolute Gasteiger partial charge is 0.369 e. The first-order valence-corrected chi connectivity index (χ1v) is 7.03. The Morgan fingerprint density at radius 3 is 2.50 bits per heavy atom. The molecule has 0 amide bonds. The molecule has 1 atom stereocenters. The molecule has 1 aliphatic rings. The van der Waals surface area contributed by atoms with E-state index in [9.17, 15) is 0 Å². The van der Waals surface area contributed by atoms with Gasteiger partial charge in [-0.3, -0.25) is 0 Å². The molecule has 0 radical (unpaired) electrons. The van der Waals surface area contributed by atoms with Crippen molar-refractivity contribution in [3.63, 3.8) is 0 Å². The number of nitrogens with zero attached hydrogens (tertiary/aromatic N) is 2. The molecular formula is C17H19N3. The van der Waals surface area contributed by atoms with Crippen molar-refractivity contribution in [1.82, 2.24) is 4.90 Å². The number of para-hydroxylation sites is 1. The number of benzene rings is 2. The minimum Gasteiger partial charge on any atom is -0.369 e. The molecule has 0 spiro atoms. The maximum Gasteiger partial charge on any atom is 0.197 e. The second kappa shape index (κ2) is 5.37. The summed E-state index contributed by atoms with van der Waals surface area (Å²) in [5.41, 5.74) is 9.70. The maximum absolute atomic E-state index is 6.18. The van der Waals surface area contributed by atoms with Gasteiger partial charge in [0.05, 0.1) is 11.7 Å². The van der Waals surface area contributed by atoms with Crippen molar-refractivity contribution >= 4 is 11.6 Å². The van der Waals surface area contributed by atoms with Crippen LogP contribution in [-0.4, -0.2) is 10.9 Å². The first-order valence-electron chi connectivity index (χ1n) is 7.03. The Balaban J connectivity index is 1.96. The number of fused-ring (bicyclic) bond motifs is 1. The molecule has 0 aliphatic carbocycles. The van der Waals surface area contributed by atoms with Crippen LogP contribution < -0.4 is 5.73 Å². The van der Waals surface area contributed by atoms with Crippen LogP contribution in [0.4, 0.5) is 5.69 Å². The van der Waals surface area contributed by atoms with Crippen molar-refractivity contribution in [2.24, 2.45) is 10.7 Å². The summed E-state index contributed by atoms with van der Waals surface area (Å²) in [6.07, 6.45) is 1.01. The van der Waals surface area contributed by atoms with Crippen molar-refractivity contribution in [3.05, 3.63) is 65.7 Å². The minimum absolute atomic E-state index is 0.295. The van der Waals surface area contributed by atoms with Crippen molar-refractivity contribution in [3.8, 4) is 0 Å². The molecule has 102 valence electrons. The van der Waals surface area contributed by atoms with Gasteiger partial charge in [-0.15, -0.1) is 0 Å². The highest BCUT2D eigenvalue weighted by atomic mass is 15.3. The van der Waals surface area contributed by atoms with Gasteiger partial charge in [-0.2, -0.15) is 0 Å². The molecule has 2 N–H and O–H groups in total. The second-order valence-electron chi connectivity index (χ2n) is 5.07. The van der Waals surface area contributed by atoms with Gasteiger partial charge in [-0.1, -0.05) is 55.5 Å². The van der Waals surface area contributed by atoms with Crippen LogP contribution in [0, 0.1) is 0 Å². The smallest absolute Gasteiger partial charge is 0.197 e. The molecule has 0 aromatic heterocycles. The maximum atomic E-state index is 6.18. The SMILES string of the molecule is CC[C@H]1c2ccccc2N=C(N)N1Cc1ccccc1. The van der Waals surface area contributed by atoms with Gasteiger partial charge in [0.15, 0.2) is 5.96 Å². The van der Waals surface area contributed by atoms with Crippen molar-refractivity contribution < 1.29 is 0 Å². The highest BCUT2D eigenvalue weighted by molar-refractivity contribution is 5.84. The van der Waals surface area contributed by atoms with Gasteiger partial charge in [-0.25, -0.2) is 4.99 Å². The summed E-state index contributed by atoms with van der Waals surface area (Å²) in [5, 5.41) is 0. The molecule has 0 unspecified atom stereocenters. The number of guanidine groups is 1. The van der Waals surface area contributed by atoms with E-state index in [1.165, 1.54) is 11.1 Å². The lowest BCUT2D eigenvalue weighted by atomic mass is 9.98. The average Bonchev–Trinajstić information content (AvgIpc) is 2.49. The predicted molar refractivity (Wildman–Crippen MR) is 82.7 cm³/mol. The second-order valence-corrected chi connectivity index (χ2v) is 5.07. The zero-order valence-corrected chi connectivity index (χ0v) is 11.7. The quantitative estimate of drug-likeness (QED) is 0.921. The van der Waals surface area contributed by atoms with Gasteiger partial charge >= 0.3 is 0 Å². The van der Waals surface area contributed by atoms with Crippen molar-refractivity contribution in [1.29, 1.82) is 0 Å². The molecule has 0 bridgehead atoms. The number of rotatable bonds is 3. The van der Waals surface area contributed by atoms with E-state index < -0.39 is 0 Å². The van der Waals surface area contributed by atoms with E-state index in [2.05, 4.69) is 53.2 Å². The molecule has 0 fully saturated rings. The van der Waals surface area contributed by atoms with Crippen molar-refractivity contribution in [2.45, 2.75) is 25.9 Å². The normalized spacial score (nSPS) is 17.6. The predicted octanol–water partition coefficient (Wildman–Crippen LogP) is 3.60. The Morgan fingerprint density at radius 1 is 1.05 bits per heavy atom. The van der Waals surface area contributed by atoms with E-state index in [4.69, 9.17) is 5.73 Å². The fourth-order valence-corrected chi connectivity index (χ4v) is 2.80. The molecular weight excluding hydrogens is 246 g/mol. The van der Waals surface area contributed by atoms with Crippen LogP contribution in [0.5, 0.6) is 0 Å². The number of aliphatic imine (C=N–C) groups is 1. The van der Waals surface area contributed by atoms with Gasteiger partial charge in [0.25, 0.3) is 0 Å². The lowest BCUT2D eigenvalue weighted by Crippen LogP contribution is -2.41. The Morgan fingerprint density at radius 2 is 1.75 bits per heavy atom. The average molecular weight is 265 g/mol. The van der Waals surface area contributed by atoms with Gasteiger partial charge < -0.3 is 10.6 Å². The molecule has 20 heavy (non-hydrogen) atoms. The van der Waals surface area contributed by atoms with Gasteiger partial charge in [-0.05, 0) is 18.1 Å². The molecule has 3 rings (SSSR count). The van der Waals surface area contributed by atoms with Crippen LogP contribution >= 0.6 is 0 Å². The van der Waals surface area contributed by atoms with Crippen LogP contribution in [-0.2, 0) is 6.54 Å². The molecule has 3 nitrogen and oxygen atoms in total. The van der Waals surface area contributed by atoms with E-state index in [1.54, 1.807) is 0 Å². The Bertz CT molecular complexity index is 619. The third kappa shape index (κ3) is 2.27. The summed E-state index contributed by atoms with van der Waals surface area (Å²) < 4.78 is 0. The topological polar surface area (TPSA) is 41.6 Å². The molecule has 2 aromatic carbocycles. The van der Waals surface area contributed by atoms with E-state index in [0.717, 1.165) is 18.7 Å². The Hall–Kier alpha value is -2.29. The third-order valence-electron chi connectivity index (χ3n) is 3.78. The molecule has 0 saturated heterocycles. The summed E-state index contributed by atoms with van der Waals surface area (Å²) >= 11 is 0. The lowest BCUT2D eigenvalue weighted by molar-refractivity contribution is 0.293. The zero-order chi connectivity index (χ0) is 13.9. The summed E-state index contributed by atoms with van der Waals surface area (Å²) in [4.78, 5) is 6.73. The van der Waals surface area contributed by atoms with E-state index in [1.807, 2.05) is 18.2 Å². The minimum atomic E-state index is 0.295. The number of hydrogen-bond donors (Lipinski definition) is 1. The van der Waals surface area contributed by atoms with Crippen molar-refractivity contribution in [2.75, 3.05) is 0 Å².